The van der Waals surface area contributed by atoms with Crippen molar-refractivity contribution >= 4 is 29.3 Å². The average molecular weight is 370 g/mol. The molecule has 27 heavy (non-hydrogen) atoms. The minimum Gasteiger partial charge on any atom is -0.467 e. The van der Waals surface area contributed by atoms with Crippen molar-refractivity contribution < 1.29 is 23.6 Å². The van der Waals surface area contributed by atoms with Crippen LogP contribution in [-0.2, 0) is 16.1 Å². The Kier molecular flexibility index (Phi) is 4.93. The van der Waals surface area contributed by atoms with E-state index in [2.05, 4.69) is 5.32 Å². The van der Waals surface area contributed by atoms with Crippen LogP contribution in [0.15, 0.2) is 41.0 Å². The smallest absolute Gasteiger partial charge is 0.264 e. The minimum atomic E-state index is -1.25. The molecule has 0 fully saturated rings. The van der Waals surface area contributed by atoms with Gasteiger partial charge in [-0.1, -0.05) is 6.07 Å². The van der Waals surface area contributed by atoms with Crippen LogP contribution in [0.2, 0.25) is 0 Å². The molecule has 9 nitrogen and oxygen atoms in total. The van der Waals surface area contributed by atoms with E-state index in [9.17, 15) is 19.2 Å². The van der Waals surface area contributed by atoms with Gasteiger partial charge >= 0.3 is 0 Å². The number of nitrogens with zero attached hydrogens (tertiary/aromatic N) is 1. The zero-order valence-electron chi connectivity index (χ0n) is 14.3. The van der Waals surface area contributed by atoms with E-state index >= 15 is 0 Å². The standard InChI is InChI=1S/C18H18N4O5/c19-14(23)7-6-13(16(20)24)22-17(25)11-4-1-5-12(15(11)18(22)26)21-9-10-3-2-8-27-10/h1-5,8,13,21H,6-7,9H2,(H2,19,23)(H2,20,24). The summed E-state index contributed by atoms with van der Waals surface area (Å²) >= 11 is 0. The van der Waals surface area contributed by atoms with Crippen LogP contribution in [0, 0.1) is 0 Å². The number of nitrogens with two attached hydrogens (primary N) is 2. The van der Waals surface area contributed by atoms with Gasteiger partial charge in [0.25, 0.3) is 11.8 Å². The third-order valence-corrected chi connectivity index (χ3v) is 4.28. The van der Waals surface area contributed by atoms with Gasteiger partial charge in [0.15, 0.2) is 0 Å². The molecule has 1 aliphatic heterocycles. The topological polar surface area (TPSA) is 149 Å². The largest absolute Gasteiger partial charge is 0.467 e. The number of hydrogen-bond acceptors (Lipinski definition) is 6. The van der Waals surface area contributed by atoms with Crippen molar-refractivity contribution in [2.24, 2.45) is 11.5 Å². The van der Waals surface area contributed by atoms with Crippen molar-refractivity contribution in [3.8, 4) is 0 Å². The number of carbonyl (C=O) groups excluding carboxylic acids is 4. The maximum Gasteiger partial charge on any atom is 0.264 e. The number of primary amides is 2. The number of carbonyl (C=O) groups is 4. The van der Waals surface area contributed by atoms with Crippen molar-refractivity contribution in [2.75, 3.05) is 5.32 Å². The van der Waals surface area contributed by atoms with Gasteiger partial charge in [-0.05, 0) is 30.7 Å². The van der Waals surface area contributed by atoms with Gasteiger partial charge in [0.1, 0.15) is 11.8 Å². The van der Waals surface area contributed by atoms with Gasteiger partial charge in [0, 0.05) is 12.1 Å². The highest BCUT2D eigenvalue weighted by molar-refractivity contribution is 6.25. The van der Waals surface area contributed by atoms with Gasteiger partial charge in [0.05, 0.1) is 23.9 Å². The third kappa shape index (κ3) is 3.52. The Bertz CT molecular complexity index is 906. The van der Waals surface area contributed by atoms with Gasteiger partial charge in [-0.25, -0.2) is 0 Å². The van der Waals surface area contributed by atoms with E-state index in [0.717, 1.165) is 4.90 Å². The van der Waals surface area contributed by atoms with Crippen molar-refractivity contribution in [2.45, 2.75) is 25.4 Å². The highest BCUT2D eigenvalue weighted by Crippen LogP contribution is 2.31. The van der Waals surface area contributed by atoms with E-state index < -0.39 is 29.7 Å². The lowest BCUT2D eigenvalue weighted by Gasteiger charge is -2.23. The number of furan rings is 1. The summed E-state index contributed by atoms with van der Waals surface area (Å²) in [6.07, 6.45) is 1.23. The molecule has 140 valence electrons. The van der Waals surface area contributed by atoms with Gasteiger partial charge in [-0.15, -0.1) is 0 Å². The van der Waals surface area contributed by atoms with Crippen molar-refractivity contribution in [1.29, 1.82) is 0 Å². The molecule has 4 amide bonds. The third-order valence-electron chi connectivity index (χ3n) is 4.28. The van der Waals surface area contributed by atoms with E-state index in [1.165, 1.54) is 12.3 Å². The fourth-order valence-electron chi connectivity index (χ4n) is 3.01. The van der Waals surface area contributed by atoms with Crippen LogP contribution >= 0.6 is 0 Å². The molecule has 0 bridgehead atoms. The van der Waals surface area contributed by atoms with Crippen molar-refractivity contribution in [3.63, 3.8) is 0 Å². The van der Waals surface area contributed by atoms with Crippen LogP contribution in [0.25, 0.3) is 0 Å². The molecule has 2 aromatic rings. The summed E-state index contributed by atoms with van der Waals surface area (Å²) in [7, 11) is 0. The quantitative estimate of drug-likeness (QED) is 0.580. The molecule has 0 saturated carbocycles. The van der Waals surface area contributed by atoms with Gasteiger partial charge in [-0.2, -0.15) is 0 Å². The molecule has 0 aliphatic carbocycles. The Balaban J connectivity index is 1.88. The molecule has 1 aromatic carbocycles. The molecule has 3 rings (SSSR count). The number of anilines is 1. The Morgan fingerprint density at radius 3 is 2.52 bits per heavy atom. The summed E-state index contributed by atoms with van der Waals surface area (Å²) in [6.45, 7) is 0.311. The number of fused-ring (bicyclic) bond motifs is 1. The van der Waals surface area contributed by atoms with Gasteiger partial charge < -0.3 is 21.2 Å². The molecular formula is C18H18N4O5. The second-order valence-electron chi connectivity index (χ2n) is 6.06. The second-order valence-corrected chi connectivity index (χ2v) is 6.06. The first-order chi connectivity index (χ1) is 12.9. The summed E-state index contributed by atoms with van der Waals surface area (Å²) in [5.41, 5.74) is 11.2. The zero-order valence-corrected chi connectivity index (χ0v) is 14.3. The van der Waals surface area contributed by atoms with Crippen LogP contribution in [-0.4, -0.2) is 34.6 Å². The van der Waals surface area contributed by atoms with E-state index in [4.69, 9.17) is 15.9 Å². The maximum atomic E-state index is 12.9. The molecule has 9 heteroatoms. The number of rotatable bonds is 8. The highest BCUT2D eigenvalue weighted by Gasteiger charge is 2.43. The first-order valence-electron chi connectivity index (χ1n) is 8.25. The molecule has 1 unspecified atom stereocenters. The fraction of sp³-hybridized carbons (Fsp3) is 0.222. The number of benzene rings is 1. The first-order valence-corrected chi connectivity index (χ1v) is 8.25. The normalized spacial score (nSPS) is 14.1. The molecule has 5 N–H and O–H groups in total. The second kappa shape index (κ2) is 7.32. The van der Waals surface area contributed by atoms with Crippen LogP contribution in [0.5, 0.6) is 0 Å². The fourth-order valence-corrected chi connectivity index (χ4v) is 3.01. The van der Waals surface area contributed by atoms with Crippen LogP contribution in [0.1, 0.15) is 39.3 Å². The maximum absolute atomic E-state index is 12.9. The lowest BCUT2D eigenvalue weighted by molar-refractivity contribution is -0.122. The molecular weight excluding hydrogens is 352 g/mol. The number of amides is 4. The van der Waals surface area contributed by atoms with E-state index in [0.29, 0.717) is 18.0 Å². The minimum absolute atomic E-state index is 0.120. The number of hydrogen-bond donors (Lipinski definition) is 3. The Hall–Kier alpha value is -3.62. The summed E-state index contributed by atoms with van der Waals surface area (Å²) < 4.78 is 5.24. The lowest BCUT2D eigenvalue weighted by Crippen LogP contribution is -2.48. The van der Waals surface area contributed by atoms with E-state index in [-0.39, 0.29) is 24.0 Å². The summed E-state index contributed by atoms with van der Waals surface area (Å²) in [5, 5.41) is 3.05. The molecule has 0 spiro atoms. The predicted molar refractivity (Wildman–Crippen MR) is 94.4 cm³/mol. The summed E-state index contributed by atoms with van der Waals surface area (Å²) in [6, 6.07) is 7.03. The molecule has 1 aliphatic rings. The SMILES string of the molecule is NC(=O)CCC(C(N)=O)N1C(=O)c2cccc(NCc3ccco3)c2C1=O. The van der Waals surface area contributed by atoms with Gasteiger partial charge in [-0.3, -0.25) is 24.1 Å². The molecule has 0 radical (unpaired) electrons. The van der Waals surface area contributed by atoms with E-state index in [1.807, 2.05) is 0 Å². The van der Waals surface area contributed by atoms with Crippen molar-refractivity contribution in [1.82, 2.24) is 4.90 Å². The van der Waals surface area contributed by atoms with Crippen LogP contribution < -0.4 is 16.8 Å². The highest BCUT2D eigenvalue weighted by atomic mass is 16.3. The molecule has 1 atom stereocenters. The lowest BCUT2D eigenvalue weighted by atomic mass is 10.1. The summed E-state index contributed by atoms with van der Waals surface area (Å²) in [4.78, 5) is 49.3. The average Bonchev–Trinajstić information content (AvgIpc) is 3.22. The molecule has 2 heterocycles. The number of nitrogens with one attached hydrogen (secondary N) is 1. The Morgan fingerprint density at radius 1 is 1.11 bits per heavy atom. The van der Waals surface area contributed by atoms with Crippen molar-refractivity contribution in [3.05, 3.63) is 53.5 Å². The first kappa shape index (κ1) is 18.2. The molecule has 0 saturated heterocycles. The van der Waals surface area contributed by atoms with Crippen LogP contribution in [0.3, 0.4) is 0 Å². The Labute approximate surface area is 154 Å². The molecule has 1 aromatic heterocycles. The van der Waals surface area contributed by atoms with Gasteiger partial charge in [0.2, 0.25) is 11.8 Å². The zero-order chi connectivity index (χ0) is 19.6. The Morgan fingerprint density at radius 2 is 1.89 bits per heavy atom. The van der Waals surface area contributed by atoms with E-state index in [1.54, 1.807) is 24.3 Å². The monoisotopic (exact) mass is 370 g/mol. The predicted octanol–water partition coefficient (Wildman–Crippen LogP) is 0.607. The number of imide groups is 1. The van der Waals surface area contributed by atoms with Crippen LogP contribution in [0.4, 0.5) is 5.69 Å². The summed E-state index contributed by atoms with van der Waals surface area (Å²) in [5.74, 6) is -2.16.